The predicted octanol–water partition coefficient (Wildman–Crippen LogP) is 4.41. The molecule has 6 nitrogen and oxygen atoms in total. The zero-order valence-electron chi connectivity index (χ0n) is 20.3. The number of methoxy groups -OCH3 is 2. The lowest BCUT2D eigenvalue weighted by molar-refractivity contribution is 0.408. The summed E-state index contributed by atoms with van der Waals surface area (Å²) in [6, 6.07) is 16.7. The first-order valence-corrected chi connectivity index (χ1v) is 13.0. The molecule has 0 saturated heterocycles. The van der Waals surface area contributed by atoms with E-state index in [1.807, 2.05) is 36.4 Å². The van der Waals surface area contributed by atoms with Gasteiger partial charge in [-0.25, -0.2) is 4.98 Å². The van der Waals surface area contributed by atoms with Gasteiger partial charge in [0.05, 0.1) is 25.9 Å². The second kappa shape index (κ2) is 10.6. The van der Waals surface area contributed by atoms with Crippen LogP contribution in [0.5, 0.6) is 11.5 Å². The van der Waals surface area contributed by atoms with E-state index in [2.05, 4.69) is 22.4 Å². The minimum atomic E-state index is 0.0771. The fourth-order valence-electron chi connectivity index (χ4n) is 4.90. The average molecular weight is 490 g/mol. The van der Waals surface area contributed by atoms with E-state index in [1.54, 1.807) is 36.5 Å². The van der Waals surface area contributed by atoms with Gasteiger partial charge >= 0.3 is 0 Å². The number of rotatable bonds is 9. The summed E-state index contributed by atoms with van der Waals surface area (Å²) in [5.41, 5.74) is 3.68. The summed E-state index contributed by atoms with van der Waals surface area (Å²) in [5, 5.41) is 4.54. The van der Waals surface area contributed by atoms with Gasteiger partial charge in [-0.3, -0.25) is 9.36 Å². The Hall–Kier alpha value is -3.16. The van der Waals surface area contributed by atoms with Crippen molar-refractivity contribution in [2.45, 2.75) is 44.7 Å². The van der Waals surface area contributed by atoms with Crippen LogP contribution >= 0.6 is 11.3 Å². The second-order valence-corrected chi connectivity index (χ2v) is 10.1. The monoisotopic (exact) mass is 489 g/mol. The van der Waals surface area contributed by atoms with Crippen LogP contribution < -0.4 is 20.3 Å². The van der Waals surface area contributed by atoms with Crippen molar-refractivity contribution in [2.75, 3.05) is 20.8 Å². The molecular weight excluding hydrogens is 458 g/mol. The number of nitrogens with zero attached hydrogens (tertiary/aromatic N) is 2. The summed E-state index contributed by atoms with van der Waals surface area (Å²) >= 11 is 1.68. The molecule has 1 aliphatic carbocycles. The molecule has 0 saturated carbocycles. The summed E-state index contributed by atoms with van der Waals surface area (Å²) < 4.78 is 12.4. The standard InChI is InChI=1S/C28H31N3O3S/c1-33-22-10-7-19(8-11-22)13-15-29-21-9-12-23-25(17-21)35-27-26(23)28(32)31(18-30-27)16-14-20-5-3-4-6-24(20)34-2/h3-8,10-11,18,21,29H,9,12-17H2,1-2H3. The van der Waals surface area contributed by atoms with Gasteiger partial charge in [-0.05, 0) is 73.5 Å². The first kappa shape index (κ1) is 23.6. The van der Waals surface area contributed by atoms with E-state index in [1.165, 1.54) is 16.0 Å². The van der Waals surface area contributed by atoms with Gasteiger partial charge in [0.1, 0.15) is 16.3 Å². The van der Waals surface area contributed by atoms with Gasteiger partial charge in [0.15, 0.2) is 0 Å². The normalized spacial score (nSPS) is 15.2. The summed E-state index contributed by atoms with van der Waals surface area (Å²) in [6.07, 6.45) is 6.33. The fraction of sp³-hybridized carbons (Fsp3) is 0.357. The maximum Gasteiger partial charge on any atom is 0.262 e. The third-order valence-corrected chi connectivity index (χ3v) is 8.02. The number of aromatic nitrogens is 2. The smallest absolute Gasteiger partial charge is 0.262 e. The molecule has 0 amide bonds. The Labute approximate surface area is 209 Å². The highest BCUT2D eigenvalue weighted by Crippen LogP contribution is 2.33. The average Bonchev–Trinajstić information content (AvgIpc) is 3.27. The highest BCUT2D eigenvalue weighted by molar-refractivity contribution is 7.18. The van der Waals surface area contributed by atoms with Crippen LogP contribution in [-0.2, 0) is 32.2 Å². The summed E-state index contributed by atoms with van der Waals surface area (Å²) in [4.78, 5) is 20.2. The van der Waals surface area contributed by atoms with Gasteiger partial charge in [0.2, 0.25) is 0 Å². The highest BCUT2D eigenvalue weighted by Gasteiger charge is 2.25. The number of hydrogen-bond acceptors (Lipinski definition) is 6. The van der Waals surface area contributed by atoms with Crippen LogP contribution in [0.3, 0.4) is 0 Å². The van der Waals surface area contributed by atoms with Gasteiger partial charge in [-0.1, -0.05) is 30.3 Å². The first-order chi connectivity index (χ1) is 17.2. The van der Waals surface area contributed by atoms with Crippen molar-refractivity contribution in [2.24, 2.45) is 0 Å². The predicted molar refractivity (Wildman–Crippen MR) is 141 cm³/mol. The number of thiophene rings is 1. The zero-order chi connectivity index (χ0) is 24.2. The molecule has 0 spiro atoms. The van der Waals surface area contributed by atoms with Crippen molar-refractivity contribution in [1.29, 1.82) is 0 Å². The number of hydrogen-bond donors (Lipinski definition) is 1. The van der Waals surface area contributed by atoms with Crippen LogP contribution in [-0.4, -0.2) is 36.4 Å². The van der Waals surface area contributed by atoms with E-state index in [0.29, 0.717) is 12.6 Å². The molecule has 2 aromatic carbocycles. The first-order valence-electron chi connectivity index (χ1n) is 12.1. The molecule has 0 fully saturated rings. The lowest BCUT2D eigenvalue weighted by Crippen LogP contribution is -2.35. The molecule has 0 bridgehead atoms. The number of benzene rings is 2. The molecular formula is C28H31N3O3S. The summed E-state index contributed by atoms with van der Waals surface area (Å²) in [5.74, 6) is 1.74. The minimum absolute atomic E-state index is 0.0771. The van der Waals surface area contributed by atoms with Crippen LogP contribution in [0.4, 0.5) is 0 Å². The molecule has 2 heterocycles. The van der Waals surface area contributed by atoms with Gasteiger partial charge in [0, 0.05) is 17.5 Å². The van der Waals surface area contributed by atoms with Crippen molar-refractivity contribution in [3.63, 3.8) is 0 Å². The number of para-hydroxylation sites is 1. The molecule has 2 aromatic heterocycles. The van der Waals surface area contributed by atoms with Gasteiger partial charge in [-0.15, -0.1) is 11.3 Å². The molecule has 4 aromatic rings. The summed E-state index contributed by atoms with van der Waals surface area (Å²) in [7, 11) is 3.37. The Bertz CT molecular complexity index is 1360. The lowest BCUT2D eigenvalue weighted by Gasteiger charge is -2.23. The van der Waals surface area contributed by atoms with Gasteiger partial charge in [0.25, 0.3) is 5.56 Å². The van der Waals surface area contributed by atoms with Gasteiger partial charge in [-0.2, -0.15) is 0 Å². The van der Waals surface area contributed by atoms with E-state index in [9.17, 15) is 4.79 Å². The van der Waals surface area contributed by atoms with Crippen LogP contribution in [0.2, 0.25) is 0 Å². The van der Waals surface area contributed by atoms with Crippen LogP contribution in [0, 0.1) is 0 Å². The largest absolute Gasteiger partial charge is 0.497 e. The molecule has 1 atom stereocenters. The molecule has 0 aliphatic heterocycles. The fourth-order valence-corrected chi connectivity index (χ4v) is 6.16. The Kier molecular flexibility index (Phi) is 7.16. The van der Waals surface area contributed by atoms with E-state index < -0.39 is 0 Å². The zero-order valence-corrected chi connectivity index (χ0v) is 21.1. The van der Waals surface area contributed by atoms with E-state index in [4.69, 9.17) is 9.47 Å². The lowest BCUT2D eigenvalue weighted by atomic mass is 9.93. The van der Waals surface area contributed by atoms with Crippen LogP contribution in [0.15, 0.2) is 59.7 Å². The van der Waals surface area contributed by atoms with Crippen molar-refractivity contribution >= 4 is 21.6 Å². The van der Waals surface area contributed by atoms with E-state index >= 15 is 0 Å². The minimum Gasteiger partial charge on any atom is -0.497 e. The van der Waals surface area contributed by atoms with E-state index in [0.717, 1.165) is 65.9 Å². The van der Waals surface area contributed by atoms with Crippen LogP contribution in [0.25, 0.3) is 10.2 Å². The molecule has 35 heavy (non-hydrogen) atoms. The number of fused-ring (bicyclic) bond motifs is 3. The molecule has 1 N–H and O–H groups in total. The van der Waals surface area contributed by atoms with Crippen molar-refractivity contribution < 1.29 is 9.47 Å². The SMILES string of the molecule is COc1ccc(CCNC2CCc3c(sc4ncn(CCc5ccccc5OC)c(=O)c34)C2)cc1. The topological polar surface area (TPSA) is 65.4 Å². The quantitative estimate of drug-likeness (QED) is 0.377. The van der Waals surface area contributed by atoms with Crippen molar-refractivity contribution in [1.82, 2.24) is 14.9 Å². The number of aryl methyl sites for hydroxylation is 3. The second-order valence-electron chi connectivity index (χ2n) is 8.98. The molecule has 5 rings (SSSR count). The molecule has 0 radical (unpaired) electrons. The maximum atomic E-state index is 13.4. The third kappa shape index (κ3) is 5.11. The maximum absolute atomic E-state index is 13.4. The Balaban J connectivity index is 1.25. The third-order valence-electron chi connectivity index (χ3n) is 6.86. The molecule has 1 aliphatic rings. The number of nitrogens with one attached hydrogen (secondary N) is 1. The Morgan fingerprint density at radius 2 is 1.91 bits per heavy atom. The molecule has 1 unspecified atom stereocenters. The number of ether oxygens (including phenoxy) is 2. The van der Waals surface area contributed by atoms with E-state index in [-0.39, 0.29) is 5.56 Å². The van der Waals surface area contributed by atoms with Gasteiger partial charge < -0.3 is 14.8 Å². The highest BCUT2D eigenvalue weighted by atomic mass is 32.1. The summed E-state index contributed by atoms with van der Waals surface area (Å²) in [6.45, 7) is 1.52. The van der Waals surface area contributed by atoms with Crippen LogP contribution in [0.1, 0.15) is 28.0 Å². The Morgan fingerprint density at radius 3 is 2.71 bits per heavy atom. The Morgan fingerprint density at radius 1 is 1.09 bits per heavy atom. The molecule has 182 valence electrons. The van der Waals surface area contributed by atoms with Crippen molar-refractivity contribution in [3.8, 4) is 11.5 Å². The molecule has 7 heteroatoms. The van der Waals surface area contributed by atoms with Crippen molar-refractivity contribution in [3.05, 3.63) is 86.8 Å².